The van der Waals surface area contributed by atoms with Crippen molar-refractivity contribution >= 4 is 11.9 Å². The Bertz CT molecular complexity index is 1070. The molecule has 0 unspecified atom stereocenters. The minimum atomic E-state index is -1.17. The number of amides is 3. The molecule has 1 heterocycles. The van der Waals surface area contributed by atoms with E-state index < -0.39 is 11.6 Å². The van der Waals surface area contributed by atoms with Gasteiger partial charge >= 0.3 is 6.03 Å². The van der Waals surface area contributed by atoms with Crippen LogP contribution >= 0.6 is 0 Å². The lowest BCUT2D eigenvalue weighted by Crippen LogP contribution is -2.46. The van der Waals surface area contributed by atoms with Crippen LogP contribution in [0, 0.1) is 5.82 Å². The highest BCUT2D eigenvalue weighted by atomic mass is 19.1. The molecule has 1 N–H and O–H groups in total. The number of nitrogens with zero attached hydrogens (tertiary/aromatic N) is 2. The predicted octanol–water partition coefficient (Wildman–Crippen LogP) is 3.91. The van der Waals surface area contributed by atoms with Gasteiger partial charge in [-0.3, -0.25) is 9.69 Å². The molecule has 1 fully saturated rings. The summed E-state index contributed by atoms with van der Waals surface area (Å²) in [6.07, 6.45) is 0.354. The zero-order chi connectivity index (χ0) is 21.8. The Labute approximate surface area is 181 Å². The molecule has 0 aliphatic carbocycles. The maximum Gasteiger partial charge on any atom is 0.326 e. The molecule has 3 aromatic carbocycles. The first-order valence-corrected chi connectivity index (χ1v) is 10.1. The van der Waals surface area contributed by atoms with Gasteiger partial charge in [0.25, 0.3) is 5.91 Å². The van der Waals surface area contributed by atoms with E-state index in [4.69, 9.17) is 0 Å². The predicted molar refractivity (Wildman–Crippen MR) is 116 cm³/mol. The first kappa shape index (κ1) is 20.8. The van der Waals surface area contributed by atoms with E-state index in [0.717, 1.165) is 16.7 Å². The average molecular weight is 417 g/mol. The lowest BCUT2D eigenvalue weighted by molar-refractivity contribution is -0.133. The zero-order valence-corrected chi connectivity index (χ0v) is 17.3. The van der Waals surface area contributed by atoms with Crippen LogP contribution in [0.5, 0.6) is 0 Å². The molecule has 5 nitrogen and oxygen atoms in total. The van der Waals surface area contributed by atoms with Crippen molar-refractivity contribution in [2.24, 2.45) is 0 Å². The molecule has 158 valence electrons. The van der Waals surface area contributed by atoms with Gasteiger partial charge in [0.05, 0.1) is 6.67 Å². The van der Waals surface area contributed by atoms with Gasteiger partial charge in [-0.25, -0.2) is 14.1 Å². The number of imide groups is 1. The zero-order valence-electron chi connectivity index (χ0n) is 17.3. The van der Waals surface area contributed by atoms with Gasteiger partial charge in [0.2, 0.25) is 0 Å². The van der Waals surface area contributed by atoms with Gasteiger partial charge in [-0.1, -0.05) is 72.8 Å². The van der Waals surface area contributed by atoms with Crippen molar-refractivity contribution in [1.82, 2.24) is 15.1 Å². The van der Waals surface area contributed by atoms with E-state index >= 15 is 0 Å². The summed E-state index contributed by atoms with van der Waals surface area (Å²) in [5, 5.41) is 2.96. The summed E-state index contributed by atoms with van der Waals surface area (Å²) in [7, 11) is 1.80. The molecular weight excluding hydrogens is 393 g/mol. The van der Waals surface area contributed by atoms with Crippen LogP contribution in [0.3, 0.4) is 0 Å². The molecular formula is C25H24FN3O2. The summed E-state index contributed by atoms with van der Waals surface area (Å²) in [4.78, 5) is 29.6. The van der Waals surface area contributed by atoms with Crippen molar-refractivity contribution in [2.45, 2.75) is 18.5 Å². The highest BCUT2D eigenvalue weighted by molar-refractivity contribution is 6.07. The number of benzene rings is 3. The smallest absolute Gasteiger partial charge is 0.319 e. The lowest BCUT2D eigenvalue weighted by atomic mass is 9.83. The number of hydrogen-bond donors (Lipinski definition) is 1. The minimum Gasteiger partial charge on any atom is -0.319 e. The Kier molecular flexibility index (Phi) is 5.82. The molecule has 4 rings (SSSR count). The van der Waals surface area contributed by atoms with Crippen LogP contribution in [0.1, 0.15) is 16.7 Å². The molecule has 1 aliphatic rings. The first-order chi connectivity index (χ1) is 15.0. The van der Waals surface area contributed by atoms with Crippen LogP contribution in [0.4, 0.5) is 9.18 Å². The standard InChI is InChI=1S/C25H24FN3O2/c1-28(17-20-11-8-14-22(26)15-20)18-29-23(30)25(27-24(29)31,21-12-6-3-7-13-21)16-19-9-4-2-5-10-19/h2-15H,16-18H2,1H3,(H,27,31)/t25-/m0/s1. The fourth-order valence-electron chi connectivity index (χ4n) is 4.04. The third kappa shape index (κ3) is 4.34. The summed E-state index contributed by atoms with van der Waals surface area (Å²) in [6, 6.07) is 24.8. The molecule has 1 aliphatic heterocycles. The van der Waals surface area contributed by atoms with Crippen LogP contribution in [-0.4, -0.2) is 35.5 Å². The van der Waals surface area contributed by atoms with Gasteiger partial charge in [-0.05, 0) is 35.9 Å². The van der Waals surface area contributed by atoms with Crippen molar-refractivity contribution in [3.8, 4) is 0 Å². The van der Waals surface area contributed by atoms with Crippen molar-refractivity contribution in [3.05, 3.63) is 107 Å². The minimum absolute atomic E-state index is 0.102. The number of hydrogen-bond acceptors (Lipinski definition) is 3. The fourth-order valence-corrected chi connectivity index (χ4v) is 4.04. The molecule has 1 saturated heterocycles. The molecule has 3 aromatic rings. The van der Waals surface area contributed by atoms with E-state index in [1.54, 1.807) is 13.1 Å². The summed E-state index contributed by atoms with van der Waals surface area (Å²) in [5.74, 6) is -0.606. The molecule has 0 saturated carbocycles. The lowest BCUT2D eigenvalue weighted by Gasteiger charge is -2.28. The Morgan fingerprint density at radius 2 is 1.55 bits per heavy atom. The van der Waals surface area contributed by atoms with Gasteiger partial charge < -0.3 is 5.32 Å². The SMILES string of the molecule is CN(Cc1cccc(F)c1)CN1C(=O)N[C@@](Cc2ccccc2)(c2ccccc2)C1=O. The fraction of sp³-hybridized carbons (Fsp3) is 0.200. The van der Waals surface area contributed by atoms with Crippen molar-refractivity contribution in [2.75, 3.05) is 13.7 Å². The highest BCUT2D eigenvalue weighted by Gasteiger charge is 2.52. The van der Waals surface area contributed by atoms with Crippen molar-refractivity contribution in [3.63, 3.8) is 0 Å². The van der Waals surface area contributed by atoms with Gasteiger partial charge in [-0.15, -0.1) is 0 Å². The second kappa shape index (κ2) is 8.70. The van der Waals surface area contributed by atoms with Gasteiger partial charge in [0.15, 0.2) is 5.54 Å². The quantitative estimate of drug-likeness (QED) is 0.593. The first-order valence-electron chi connectivity index (χ1n) is 10.1. The molecule has 0 bridgehead atoms. The van der Waals surface area contributed by atoms with Gasteiger partial charge in [-0.2, -0.15) is 0 Å². The second-order valence-electron chi connectivity index (χ2n) is 7.88. The summed E-state index contributed by atoms with van der Waals surface area (Å²) < 4.78 is 13.5. The summed E-state index contributed by atoms with van der Waals surface area (Å²) in [5.41, 5.74) is 1.30. The van der Waals surface area contributed by atoms with Crippen LogP contribution in [0.15, 0.2) is 84.9 Å². The van der Waals surface area contributed by atoms with E-state index in [1.165, 1.54) is 17.0 Å². The van der Waals surface area contributed by atoms with E-state index in [2.05, 4.69) is 5.32 Å². The monoisotopic (exact) mass is 417 g/mol. The third-order valence-electron chi connectivity index (χ3n) is 5.48. The van der Waals surface area contributed by atoms with Crippen molar-refractivity contribution in [1.29, 1.82) is 0 Å². The largest absolute Gasteiger partial charge is 0.326 e. The number of rotatable bonds is 7. The molecule has 0 aromatic heterocycles. The topological polar surface area (TPSA) is 52.6 Å². The van der Waals surface area contributed by atoms with Crippen LogP contribution < -0.4 is 5.32 Å². The van der Waals surface area contributed by atoms with E-state index in [9.17, 15) is 14.0 Å². The maximum atomic E-state index is 13.6. The number of nitrogens with one attached hydrogen (secondary N) is 1. The van der Waals surface area contributed by atoms with Crippen LogP contribution in [0.2, 0.25) is 0 Å². The molecule has 6 heteroatoms. The Hall–Kier alpha value is -3.51. The normalized spacial score (nSPS) is 18.5. The number of carbonyl (C=O) groups excluding carboxylic acids is 2. The summed E-state index contributed by atoms with van der Waals surface area (Å²) in [6.45, 7) is 0.510. The summed E-state index contributed by atoms with van der Waals surface area (Å²) >= 11 is 0. The highest BCUT2D eigenvalue weighted by Crippen LogP contribution is 2.33. The van der Waals surface area contributed by atoms with Crippen molar-refractivity contribution < 1.29 is 14.0 Å². The molecule has 0 spiro atoms. The molecule has 1 atom stereocenters. The third-order valence-corrected chi connectivity index (χ3v) is 5.48. The molecule has 31 heavy (non-hydrogen) atoms. The van der Waals surface area contributed by atoms with E-state index in [-0.39, 0.29) is 18.4 Å². The number of halogens is 1. The van der Waals surface area contributed by atoms with Crippen LogP contribution in [0.25, 0.3) is 0 Å². The Morgan fingerprint density at radius 3 is 2.23 bits per heavy atom. The maximum absolute atomic E-state index is 13.6. The van der Waals surface area contributed by atoms with Crippen LogP contribution in [-0.2, 0) is 23.3 Å². The molecule has 3 amide bonds. The van der Waals surface area contributed by atoms with Gasteiger partial charge in [0, 0.05) is 13.0 Å². The molecule has 0 radical (unpaired) electrons. The van der Waals surface area contributed by atoms with E-state index in [0.29, 0.717) is 13.0 Å². The Morgan fingerprint density at radius 1 is 0.903 bits per heavy atom. The number of urea groups is 1. The van der Waals surface area contributed by atoms with E-state index in [1.807, 2.05) is 71.6 Å². The van der Waals surface area contributed by atoms with Gasteiger partial charge in [0.1, 0.15) is 5.82 Å². The Balaban J connectivity index is 1.59. The number of carbonyl (C=O) groups is 2. The second-order valence-corrected chi connectivity index (χ2v) is 7.88. The average Bonchev–Trinajstić information content (AvgIpc) is 3.00.